The van der Waals surface area contributed by atoms with Gasteiger partial charge in [-0.05, 0) is 18.2 Å². The standard InChI is InChI=1S/C11H11N3O6S/c15-9-2-1-7(5-8(9)11(16)17)21(18,19)13-4-3-10-12-6-20-14-10/h1-2,5-6,13,15H,3-4H2,(H,16,17). The number of benzene rings is 1. The second-order valence-corrected chi connectivity index (χ2v) is 5.75. The highest BCUT2D eigenvalue weighted by Crippen LogP contribution is 2.21. The number of nitrogens with zero attached hydrogens (tertiary/aromatic N) is 2. The summed E-state index contributed by atoms with van der Waals surface area (Å²) in [5.41, 5.74) is -0.490. The van der Waals surface area contributed by atoms with Gasteiger partial charge in [0.25, 0.3) is 0 Å². The highest BCUT2D eigenvalue weighted by atomic mass is 32.2. The lowest BCUT2D eigenvalue weighted by molar-refractivity contribution is 0.0693. The number of aromatic hydroxyl groups is 1. The molecule has 112 valence electrons. The number of sulfonamides is 1. The molecule has 0 amide bonds. The summed E-state index contributed by atoms with van der Waals surface area (Å²) in [5, 5.41) is 21.7. The summed E-state index contributed by atoms with van der Waals surface area (Å²) in [6.07, 6.45) is 1.35. The summed E-state index contributed by atoms with van der Waals surface area (Å²) in [7, 11) is -3.90. The van der Waals surface area contributed by atoms with Gasteiger partial charge in [0.15, 0.2) is 5.82 Å². The van der Waals surface area contributed by atoms with Crippen molar-refractivity contribution in [3.8, 4) is 5.75 Å². The Kier molecular flexibility index (Phi) is 4.19. The molecule has 0 aliphatic heterocycles. The van der Waals surface area contributed by atoms with E-state index >= 15 is 0 Å². The van der Waals surface area contributed by atoms with Crippen molar-refractivity contribution in [2.45, 2.75) is 11.3 Å². The van der Waals surface area contributed by atoms with Crippen LogP contribution in [-0.4, -0.2) is 41.3 Å². The summed E-state index contributed by atoms with van der Waals surface area (Å²) in [6.45, 7) is 0.0190. The maximum absolute atomic E-state index is 12.0. The normalized spacial score (nSPS) is 11.4. The molecule has 2 aromatic rings. The highest BCUT2D eigenvalue weighted by Gasteiger charge is 2.18. The molecule has 1 heterocycles. The van der Waals surface area contributed by atoms with Crippen LogP contribution in [0, 0.1) is 0 Å². The fourth-order valence-electron chi connectivity index (χ4n) is 1.54. The van der Waals surface area contributed by atoms with Crippen LogP contribution in [0.1, 0.15) is 16.2 Å². The maximum Gasteiger partial charge on any atom is 0.339 e. The van der Waals surface area contributed by atoms with Crippen LogP contribution < -0.4 is 4.72 Å². The topological polar surface area (TPSA) is 143 Å². The number of aromatic nitrogens is 2. The van der Waals surface area contributed by atoms with Gasteiger partial charge in [-0.25, -0.2) is 17.9 Å². The molecule has 0 spiro atoms. The molecular weight excluding hydrogens is 302 g/mol. The number of phenols is 1. The molecule has 1 aromatic carbocycles. The Morgan fingerprint density at radius 2 is 2.14 bits per heavy atom. The first-order valence-corrected chi connectivity index (χ1v) is 7.19. The molecular formula is C11H11N3O6S. The molecule has 0 radical (unpaired) electrons. The molecule has 10 heteroatoms. The Hall–Kier alpha value is -2.46. The second-order valence-electron chi connectivity index (χ2n) is 3.98. The van der Waals surface area contributed by atoms with Crippen LogP contribution in [0.25, 0.3) is 0 Å². The maximum atomic E-state index is 12.0. The molecule has 0 unspecified atom stereocenters. The Labute approximate surface area is 119 Å². The SMILES string of the molecule is O=C(O)c1cc(S(=O)(=O)NCCc2ncon2)ccc1O. The van der Waals surface area contributed by atoms with Gasteiger partial charge in [-0.2, -0.15) is 4.98 Å². The van der Waals surface area contributed by atoms with E-state index in [9.17, 15) is 18.3 Å². The third-order valence-corrected chi connectivity index (χ3v) is 4.02. The smallest absolute Gasteiger partial charge is 0.339 e. The molecule has 0 saturated carbocycles. The molecule has 1 aromatic heterocycles. The molecule has 0 bridgehead atoms. The van der Waals surface area contributed by atoms with E-state index in [-0.39, 0.29) is 17.9 Å². The lowest BCUT2D eigenvalue weighted by atomic mass is 10.2. The number of carboxylic acids is 1. The van der Waals surface area contributed by atoms with Gasteiger partial charge in [-0.3, -0.25) is 0 Å². The molecule has 0 fully saturated rings. The summed E-state index contributed by atoms with van der Waals surface area (Å²) in [4.78, 5) is 14.3. The van der Waals surface area contributed by atoms with Crippen LogP contribution in [0.15, 0.2) is 34.0 Å². The first-order valence-electron chi connectivity index (χ1n) is 5.71. The zero-order valence-corrected chi connectivity index (χ0v) is 11.4. The van der Waals surface area contributed by atoms with E-state index in [0.29, 0.717) is 5.82 Å². The Bertz CT molecular complexity index is 741. The van der Waals surface area contributed by atoms with Gasteiger partial charge < -0.3 is 14.7 Å². The average Bonchev–Trinajstić information content (AvgIpc) is 2.91. The van der Waals surface area contributed by atoms with E-state index in [1.807, 2.05) is 0 Å². The predicted molar refractivity (Wildman–Crippen MR) is 68.3 cm³/mol. The molecule has 0 atom stereocenters. The van der Waals surface area contributed by atoms with E-state index in [0.717, 1.165) is 24.6 Å². The lowest BCUT2D eigenvalue weighted by Gasteiger charge is -2.07. The van der Waals surface area contributed by atoms with E-state index in [1.165, 1.54) is 0 Å². The summed E-state index contributed by atoms with van der Waals surface area (Å²) in [5.74, 6) is -1.58. The van der Waals surface area contributed by atoms with Crippen LogP contribution in [-0.2, 0) is 16.4 Å². The van der Waals surface area contributed by atoms with E-state index in [1.54, 1.807) is 0 Å². The largest absolute Gasteiger partial charge is 0.507 e. The fraction of sp³-hybridized carbons (Fsp3) is 0.182. The van der Waals surface area contributed by atoms with E-state index < -0.39 is 27.3 Å². The third-order valence-electron chi connectivity index (χ3n) is 2.56. The number of hydrogen-bond acceptors (Lipinski definition) is 7. The number of aromatic carboxylic acids is 1. The second kappa shape index (κ2) is 5.89. The first kappa shape index (κ1) is 14.9. The van der Waals surface area contributed by atoms with Gasteiger partial charge in [0.2, 0.25) is 16.4 Å². The fourth-order valence-corrected chi connectivity index (χ4v) is 2.59. The van der Waals surface area contributed by atoms with Crippen molar-refractivity contribution in [2.24, 2.45) is 0 Å². The van der Waals surface area contributed by atoms with Gasteiger partial charge in [0.05, 0.1) is 4.90 Å². The van der Waals surface area contributed by atoms with Gasteiger partial charge in [0, 0.05) is 13.0 Å². The Balaban J connectivity index is 2.12. The van der Waals surface area contributed by atoms with E-state index in [4.69, 9.17) is 5.11 Å². The average molecular weight is 313 g/mol. The Morgan fingerprint density at radius 1 is 1.38 bits per heavy atom. The Morgan fingerprint density at radius 3 is 2.76 bits per heavy atom. The van der Waals surface area contributed by atoms with Gasteiger partial charge in [-0.1, -0.05) is 5.16 Å². The van der Waals surface area contributed by atoms with Crippen LogP contribution in [0.2, 0.25) is 0 Å². The highest BCUT2D eigenvalue weighted by molar-refractivity contribution is 7.89. The number of carbonyl (C=O) groups is 1. The molecule has 9 nitrogen and oxygen atoms in total. The molecule has 2 rings (SSSR count). The van der Waals surface area contributed by atoms with Crippen molar-refractivity contribution in [1.29, 1.82) is 0 Å². The molecule has 21 heavy (non-hydrogen) atoms. The minimum Gasteiger partial charge on any atom is -0.507 e. The van der Waals surface area contributed by atoms with Gasteiger partial charge in [0.1, 0.15) is 11.3 Å². The number of rotatable bonds is 6. The van der Waals surface area contributed by atoms with Crippen molar-refractivity contribution in [2.75, 3.05) is 6.54 Å². The quantitative estimate of drug-likeness (QED) is 0.676. The zero-order chi connectivity index (χ0) is 15.5. The minimum atomic E-state index is -3.90. The van der Waals surface area contributed by atoms with Crippen molar-refractivity contribution in [3.63, 3.8) is 0 Å². The van der Waals surface area contributed by atoms with Crippen LogP contribution in [0.4, 0.5) is 0 Å². The molecule has 0 aliphatic carbocycles. The third kappa shape index (κ3) is 3.55. The van der Waals surface area contributed by atoms with Crippen LogP contribution in [0.3, 0.4) is 0 Å². The number of carboxylic acid groups (broad SMARTS) is 1. The summed E-state index contributed by atoms with van der Waals surface area (Å²) in [6, 6.07) is 3.00. The van der Waals surface area contributed by atoms with Crippen molar-refractivity contribution in [1.82, 2.24) is 14.9 Å². The first-order chi connectivity index (χ1) is 9.90. The molecule has 3 N–H and O–H groups in total. The monoisotopic (exact) mass is 313 g/mol. The van der Waals surface area contributed by atoms with Crippen molar-refractivity contribution in [3.05, 3.63) is 36.0 Å². The van der Waals surface area contributed by atoms with Crippen LogP contribution in [0.5, 0.6) is 5.75 Å². The van der Waals surface area contributed by atoms with E-state index in [2.05, 4.69) is 19.4 Å². The lowest BCUT2D eigenvalue weighted by Crippen LogP contribution is -2.26. The van der Waals surface area contributed by atoms with Crippen LogP contribution >= 0.6 is 0 Å². The minimum absolute atomic E-state index is 0.0190. The van der Waals surface area contributed by atoms with Crippen molar-refractivity contribution < 1.29 is 27.9 Å². The number of hydrogen-bond donors (Lipinski definition) is 3. The zero-order valence-electron chi connectivity index (χ0n) is 10.6. The molecule has 0 aliphatic rings. The number of nitrogens with one attached hydrogen (secondary N) is 1. The summed E-state index contributed by atoms with van der Waals surface area (Å²) < 4.78 is 30.8. The van der Waals surface area contributed by atoms with Gasteiger partial charge >= 0.3 is 5.97 Å². The van der Waals surface area contributed by atoms with Crippen molar-refractivity contribution >= 4 is 16.0 Å². The molecule has 0 saturated heterocycles. The summed E-state index contributed by atoms with van der Waals surface area (Å²) >= 11 is 0. The predicted octanol–water partition coefficient (Wildman–Crippen LogP) is -0.00560. The van der Waals surface area contributed by atoms with Gasteiger partial charge in [-0.15, -0.1) is 0 Å².